The second kappa shape index (κ2) is 9.32. The normalized spacial score (nSPS) is 10.7. The molecule has 0 aliphatic heterocycles. The number of hydrogen-bond acceptors (Lipinski definition) is 6. The molecule has 0 radical (unpaired) electrons. The third kappa shape index (κ3) is 4.20. The van der Waals surface area contributed by atoms with Gasteiger partial charge in [-0.05, 0) is 30.3 Å². The molecule has 172 valence electrons. The van der Waals surface area contributed by atoms with Crippen LogP contribution in [0, 0.1) is 0 Å². The van der Waals surface area contributed by atoms with Gasteiger partial charge in [-0.3, -0.25) is 14.0 Å². The zero-order valence-corrected chi connectivity index (χ0v) is 19.3. The van der Waals surface area contributed by atoms with Gasteiger partial charge in [0.15, 0.2) is 5.65 Å². The number of methoxy groups -OCH3 is 1. The van der Waals surface area contributed by atoms with E-state index in [4.69, 9.17) is 16.3 Å². The van der Waals surface area contributed by atoms with Gasteiger partial charge in [-0.2, -0.15) is 0 Å². The summed E-state index contributed by atoms with van der Waals surface area (Å²) in [6.07, 6.45) is 4.78. The molecule has 4 rings (SSSR count). The Labute approximate surface area is 200 Å². The highest BCUT2D eigenvalue weighted by Crippen LogP contribution is 2.25. The molecule has 0 atom stereocenters. The maximum atomic E-state index is 13.2. The maximum absolute atomic E-state index is 13.2. The van der Waals surface area contributed by atoms with Crippen LogP contribution in [-0.4, -0.2) is 53.4 Å². The van der Waals surface area contributed by atoms with Crippen LogP contribution in [0.2, 0.25) is 5.02 Å². The van der Waals surface area contributed by atoms with Crippen molar-refractivity contribution < 1.29 is 19.1 Å². The fourth-order valence-corrected chi connectivity index (χ4v) is 3.62. The fourth-order valence-electron chi connectivity index (χ4n) is 3.43. The van der Waals surface area contributed by atoms with Crippen molar-refractivity contribution in [3.63, 3.8) is 0 Å². The topological polar surface area (TPSA) is 106 Å². The van der Waals surface area contributed by atoms with E-state index in [0.717, 1.165) is 11.3 Å². The number of imidazole rings is 1. The maximum Gasteiger partial charge on any atom is 0.339 e. The summed E-state index contributed by atoms with van der Waals surface area (Å²) >= 11 is 6.09. The van der Waals surface area contributed by atoms with Gasteiger partial charge in [-0.25, -0.2) is 14.8 Å². The minimum absolute atomic E-state index is 0.154. The van der Waals surface area contributed by atoms with E-state index in [9.17, 15) is 14.4 Å². The second-order valence-electron chi connectivity index (χ2n) is 7.32. The smallest absolute Gasteiger partial charge is 0.339 e. The van der Waals surface area contributed by atoms with Crippen molar-refractivity contribution >= 4 is 40.7 Å². The van der Waals surface area contributed by atoms with E-state index < -0.39 is 11.9 Å². The number of carbonyl (C=O) groups is 3. The van der Waals surface area contributed by atoms with Gasteiger partial charge in [-0.1, -0.05) is 23.7 Å². The molecule has 4 aromatic rings. The van der Waals surface area contributed by atoms with E-state index >= 15 is 0 Å². The molecule has 0 aliphatic carbocycles. The Hall–Kier alpha value is -4.24. The number of nitrogens with zero attached hydrogens (tertiary/aromatic N) is 4. The summed E-state index contributed by atoms with van der Waals surface area (Å²) in [4.78, 5) is 46.9. The van der Waals surface area contributed by atoms with Crippen LogP contribution in [0.3, 0.4) is 0 Å². The lowest BCUT2D eigenvalue weighted by Gasteiger charge is -2.18. The monoisotopic (exact) mass is 477 g/mol. The predicted molar refractivity (Wildman–Crippen MR) is 127 cm³/mol. The van der Waals surface area contributed by atoms with Gasteiger partial charge in [0.05, 0.1) is 35.8 Å². The molecular weight excluding hydrogens is 458 g/mol. The Balaban J connectivity index is 1.67. The Morgan fingerprint density at radius 1 is 1.06 bits per heavy atom. The van der Waals surface area contributed by atoms with Crippen molar-refractivity contribution in [3.05, 3.63) is 82.9 Å². The van der Waals surface area contributed by atoms with Crippen LogP contribution in [0.1, 0.15) is 31.2 Å². The number of rotatable bonds is 5. The lowest BCUT2D eigenvalue weighted by Crippen LogP contribution is -2.27. The van der Waals surface area contributed by atoms with Gasteiger partial charge >= 0.3 is 5.97 Å². The Bertz CT molecular complexity index is 1410. The molecule has 2 heterocycles. The summed E-state index contributed by atoms with van der Waals surface area (Å²) in [6, 6.07) is 11.7. The molecule has 0 unspecified atom stereocenters. The highest BCUT2D eigenvalue weighted by atomic mass is 35.5. The quantitative estimate of drug-likeness (QED) is 0.441. The largest absolute Gasteiger partial charge is 0.465 e. The molecule has 0 saturated heterocycles. The first-order chi connectivity index (χ1) is 16.3. The van der Waals surface area contributed by atoms with Crippen LogP contribution >= 0.6 is 11.6 Å². The van der Waals surface area contributed by atoms with E-state index in [2.05, 4.69) is 15.3 Å². The highest BCUT2D eigenvalue weighted by molar-refractivity contribution is 6.33. The van der Waals surface area contributed by atoms with E-state index in [0.29, 0.717) is 16.9 Å². The van der Waals surface area contributed by atoms with Gasteiger partial charge in [0.1, 0.15) is 5.69 Å². The molecule has 2 aromatic heterocycles. The number of hydrogen-bond donors (Lipinski definition) is 1. The molecule has 1 N–H and O–H groups in total. The van der Waals surface area contributed by atoms with Crippen molar-refractivity contribution in [2.24, 2.45) is 0 Å². The lowest BCUT2D eigenvalue weighted by molar-refractivity contribution is 0.0600. The van der Waals surface area contributed by atoms with Crippen LogP contribution in [0.15, 0.2) is 61.1 Å². The summed E-state index contributed by atoms with van der Waals surface area (Å²) in [6.45, 7) is 0. The third-order valence-electron chi connectivity index (χ3n) is 5.33. The number of carbonyl (C=O) groups excluding carboxylic acids is 3. The van der Waals surface area contributed by atoms with Crippen LogP contribution in [0.4, 0.5) is 5.69 Å². The first kappa shape index (κ1) is 22.9. The van der Waals surface area contributed by atoms with Crippen molar-refractivity contribution in [2.45, 2.75) is 0 Å². The number of nitrogens with one attached hydrogen (secondary N) is 1. The summed E-state index contributed by atoms with van der Waals surface area (Å²) in [7, 11) is 4.41. The van der Waals surface area contributed by atoms with Crippen LogP contribution < -0.4 is 10.2 Å². The molecular formula is C24H20ClN5O4. The highest BCUT2D eigenvalue weighted by Gasteiger charge is 2.20. The third-order valence-corrected chi connectivity index (χ3v) is 5.66. The van der Waals surface area contributed by atoms with Gasteiger partial charge < -0.3 is 15.0 Å². The average Bonchev–Trinajstić information content (AvgIpc) is 3.30. The number of benzene rings is 2. The number of aromatic nitrogens is 3. The molecule has 34 heavy (non-hydrogen) atoms. The predicted octanol–water partition coefficient (Wildman–Crippen LogP) is 3.47. The first-order valence-electron chi connectivity index (χ1n) is 10.2. The Morgan fingerprint density at radius 2 is 1.79 bits per heavy atom. The minimum Gasteiger partial charge on any atom is -0.465 e. The minimum atomic E-state index is -0.599. The van der Waals surface area contributed by atoms with Crippen molar-refractivity contribution in [2.75, 3.05) is 26.1 Å². The molecule has 0 spiro atoms. The SMILES string of the molecule is CNC(=O)c1ccc(-c2cnc3cnc(C(=O)N(C)c4ccc(Cl)c(C(=O)OC)c4)cn23)cc1. The standard InChI is InChI=1S/C24H20ClN5O4/c1-26-22(31)15-6-4-14(5-7-15)20-11-28-21-12-27-19(13-30(20)21)23(32)29(2)16-8-9-18(25)17(10-16)24(33)34-3/h4-13H,1-3H3,(H,26,31). The number of esters is 1. The van der Waals surface area contributed by atoms with Crippen molar-refractivity contribution in [1.29, 1.82) is 0 Å². The lowest BCUT2D eigenvalue weighted by atomic mass is 10.1. The van der Waals surface area contributed by atoms with Crippen LogP contribution in [-0.2, 0) is 4.74 Å². The number of fused-ring (bicyclic) bond motifs is 1. The van der Waals surface area contributed by atoms with E-state index in [1.807, 2.05) is 12.1 Å². The number of ether oxygens (including phenoxy) is 1. The van der Waals surface area contributed by atoms with Crippen molar-refractivity contribution in [3.8, 4) is 11.3 Å². The van der Waals surface area contributed by atoms with Crippen LogP contribution in [0.5, 0.6) is 0 Å². The van der Waals surface area contributed by atoms with E-state index in [1.165, 1.54) is 30.3 Å². The molecule has 0 bridgehead atoms. The molecule has 0 fully saturated rings. The average molecular weight is 478 g/mol. The zero-order chi connectivity index (χ0) is 24.4. The molecule has 0 aliphatic rings. The van der Waals surface area contributed by atoms with E-state index in [1.54, 1.807) is 49.1 Å². The fraction of sp³-hybridized carbons (Fsp3) is 0.125. The van der Waals surface area contributed by atoms with Crippen molar-refractivity contribution in [1.82, 2.24) is 19.7 Å². The molecule has 0 saturated carbocycles. The summed E-state index contributed by atoms with van der Waals surface area (Å²) < 4.78 is 6.50. The number of halogens is 1. The first-order valence-corrected chi connectivity index (χ1v) is 10.5. The second-order valence-corrected chi connectivity index (χ2v) is 7.73. The van der Waals surface area contributed by atoms with Gasteiger partial charge in [0.25, 0.3) is 11.8 Å². The number of anilines is 1. The van der Waals surface area contributed by atoms with E-state index in [-0.39, 0.29) is 22.2 Å². The Kier molecular flexibility index (Phi) is 6.29. The van der Waals surface area contributed by atoms with Crippen LogP contribution in [0.25, 0.3) is 16.9 Å². The van der Waals surface area contributed by atoms with Gasteiger partial charge in [0.2, 0.25) is 0 Å². The molecule has 2 amide bonds. The summed E-state index contributed by atoms with van der Waals surface area (Å²) in [5, 5.41) is 2.81. The molecule has 2 aromatic carbocycles. The number of amides is 2. The summed E-state index contributed by atoms with van der Waals surface area (Å²) in [5.74, 6) is -1.17. The molecule has 9 nitrogen and oxygen atoms in total. The van der Waals surface area contributed by atoms with Gasteiger partial charge in [0, 0.05) is 37.1 Å². The Morgan fingerprint density at radius 3 is 2.47 bits per heavy atom. The molecule has 10 heteroatoms. The zero-order valence-electron chi connectivity index (χ0n) is 18.6. The van der Waals surface area contributed by atoms with Gasteiger partial charge in [-0.15, -0.1) is 0 Å². The summed E-state index contributed by atoms with van der Waals surface area (Å²) in [5.41, 5.74) is 3.42.